The summed E-state index contributed by atoms with van der Waals surface area (Å²) in [6.45, 7) is -2.94. The van der Waals surface area contributed by atoms with Crippen molar-refractivity contribution in [1.29, 1.82) is 0 Å². The molecule has 0 bridgehead atoms. The normalized spacial score (nSPS) is 10.4. The van der Waals surface area contributed by atoms with Crippen molar-refractivity contribution in [3.05, 3.63) is 59.9 Å². The van der Waals surface area contributed by atoms with E-state index >= 15 is 0 Å². The molecule has 6 heteroatoms. The average molecular weight is 282 g/mol. The van der Waals surface area contributed by atoms with E-state index in [1.165, 1.54) is 42.5 Å². The van der Waals surface area contributed by atoms with E-state index in [1.54, 1.807) is 0 Å². The molecule has 0 N–H and O–H groups in total. The standard InChI is InChI=1S/C14H9F3O3/c15-11-3-1-2-4-12(11)20-13(18)9-5-7-10(8-6-9)19-14(16)17/h1-8,14H. The molecule has 0 aliphatic carbocycles. The Bertz CT molecular complexity index is 597. The Morgan fingerprint density at radius 1 is 1.00 bits per heavy atom. The van der Waals surface area contributed by atoms with Gasteiger partial charge in [0.15, 0.2) is 11.6 Å². The van der Waals surface area contributed by atoms with Crippen LogP contribution < -0.4 is 9.47 Å². The molecule has 0 saturated heterocycles. The first-order valence-electron chi connectivity index (χ1n) is 5.58. The number of carbonyl (C=O) groups is 1. The first-order chi connectivity index (χ1) is 9.56. The highest BCUT2D eigenvalue weighted by atomic mass is 19.3. The summed E-state index contributed by atoms with van der Waals surface area (Å²) in [5.41, 5.74) is 0.0925. The average Bonchev–Trinajstić information content (AvgIpc) is 2.41. The Kier molecular flexibility index (Phi) is 4.24. The van der Waals surface area contributed by atoms with Crippen LogP contribution in [-0.4, -0.2) is 12.6 Å². The minimum atomic E-state index is -2.94. The van der Waals surface area contributed by atoms with E-state index in [0.29, 0.717) is 0 Å². The maximum absolute atomic E-state index is 13.3. The molecule has 2 aromatic carbocycles. The number of alkyl halides is 2. The zero-order chi connectivity index (χ0) is 14.5. The number of benzene rings is 2. The van der Waals surface area contributed by atoms with Crippen molar-refractivity contribution >= 4 is 5.97 Å². The summed E-state index contributed by atoms with van der Waals surface area (Å²) in [6.07, 6.45) is 0. The lowest BCUT2D eigenvalue weighted by Gasteiger charge is -2.07. The molecule has 104 valence electrons. The molecule has 0 unspecified atom stereocenters. The summed E-state index contributed by atoms with van der Waals surface area (Å²) in [5, 5.41) is 0. The van der Waals surface area contributed by atoms with Gasteiger partial charge in [0.1, 0.15) is 5.75 Å². The summed E-state index contributed by atoms with van der Waals surface area (Å²) in [6, 6.07) is 10.3. The van der Waals surface area contributed by atoms with Gasteiger partial charge in [-0.25, -0.2) is 9.18 Å². The summed E-state index contributed by atoms with van der Waals surface area (Å²) in [5.74, 6) is -1.75. The third-order valence-electron chi connectivity index (χ3n) is 2.35. The Labute approximate surface area is 112 Å². The quantitative estimate of drug-likeness (QED) is 0.634. The predicted molar refractivity (Wildman–Crippen MR) is 64.4 cm³/mol. The molecule has 0 amide bonds. The lowest BCUT2D eigenvalue weighted by molar-refractivity contribution is -0.0498. The number of para-hydroxylation sites is 1. The number of esters is 1. The monoisotopic (exact) mass is 282 g/mol. The van der Waals surface area contributed by atoms with Gasteiger partial charge in [-0.15, -0.1) is 0 Å². The SMILES string of the molecule is O=C(Oc1ccccc1F)c1ccc(OC(F)F)cc1. The summed E-state index contributed by atoms with van der Waals surface area (Å²) >= 11 is 0. The fourth-order valence-electron chi connectivity index (χ4n) is 1.46. The van der Waals surface area contributed by atoms with Crippen molar-refractivity contribution in [2.45, 2.75) is 6.61 Å². The molecule has 0 aliphatic rings. The number of hydrogen-bond acceptors (Lipinski definition) is 3. The Balaban J connectivity index is 2.08. The van der Waals surface area contributed by atoms with Crippen LogP contribution in [0.1, 0.15) is 10.4 Å². The van der Waals surface area contributed by atoms with Crippen LogP contribution in [-0.2, 0) is 0 Å². The molecular weight excluding hydrogens is 273 g/mol. The lowest BCUT2D eigenvalue weighted by Crippen LogP contribution is -2.09. The van der Waals surface area contributed by atoms with Crippen LogP contribution in [0.5, 0.6) is 11.5 Å². The second kappa shape index (κ2) is 6.10. The van der Waals surface area contributed by atoms with Crippen molar-refractivity contribution in [1.82, 2.24) is 0 Å². The first kappa shape index (κ1) is 13.9. The van der Waals surface area contributed by atoms with Gasteiger partial charge >= 0.3 is 12.6 Å². The van der Waals surface area contributed by atoms with Crippen molar-refractivity contribution in [3.8, 4) is 11.5 Å². The zero-order valence-electron chi connectivity index (χ0n) is 10.1. The maximum atomic E-state index is 13.3. The minimum Gasteiger partial charge on any atom is -0.435 e. The zero-order valence-corrected chi connectivity index (χ0v) is 10.1. The van der Waals surface area contributed by atoms with E-state index < -0.39 is 18.4 Å². The molecule has 0 aromatic heterocycles. The number of rotatable bonds is 4. The third kappa shape index (κ3) is 3.50. The Hall–Kier alpha value is -2.50. The molecule has 0 radical (unpaired) electrons. The van der Waals surface area contributed by atoms with Gasteiger partial charge in [-0.2, -0.15) is 8.78 Å². The van der Waals surface area contributed by atoms with Gasteiger partial charge in [0, 0.05) is 0 Å². The highest BCUT2D eigenvalue weighted by Gasteiger charge is 2.12. The topological polar surface area (TPSA) is 35.5 Å². The van der Waals surface area contributed by atoms with E-state index in [4.69, 9.17) is 4.74 Å². The first-order valence-corrected chi connectivity index (χ1v) is 5.58. The molecule has 2 aromatic rings. The van der Waals surface area contributed by atoms with Crippen LogP contribution in [0.3, 0.4) is 0 Å². The van der Waals surface area contributed by atoms with Crippen LogP contribution >= 0.6 is 0 Å². The van der Waals surface area contributed by atoms with Crippen molar-refractivity contribution in [2.24, 2.45) is 0 Å². The Morgan fingerprint density at radius 2 is 1.65 bits per heavy atom. The van der Waals surface area contributed by atoms with E-state index in [-0.39, 0.29) is 17.1 Å². The summed E-state index contributed by atoms with van der Waals surface area (Å²) < 4.78 is 46.2. The van der Waals surface area contributed by atoms with Gasteiger partial charge in [-0.3, -0.25) is 0 Å². The molecule has 3 nitrogen and oxygen atoms in total. The van der Waals surface area contributed by atoms with Crippen LogP contribution in [0.15, 0.2) is 48.5 Å². The van der Waals surface area contributed by atoms with E-state index in [1.807, 2.05) is 0 Å². The summed E-state index contributed by atoms with van der Waals surface area (Å²) in [7, 11) is 0. The molecule has 0 fully saturated rings. The van der Waals surface area contributed by atoms with Gasteiger partial charge < -0.3 is 9.47 Å². The molecule has 20 heavy (non-hydrogen) atoms. The van der Waals surface area contributed by atoms with Gasteiger partial charge in [0.05, 0.1) is 5.56 Å². The molecule has 0 atom stereocenters. The smallest absolute Gasteiger partial charge is 0.387 e. The second-order valence-electron chi connectivity index (χ2n) is 3.72. The van der Waals surface area contributed by atoms with Crippen LogP contribution in [0.2, 0.25) is 0 Å². The van der Waals surface area contributed by atoms with Crippen molar-refractivity contribution in [2.75, 3.05) is 0 Å². The predicted octanol–water partition coefficient (Wildman–Crippen LogP) is 3.65. The second-order valence-corrected chi connectivity index (χ2v) is 3.72. The van der Waals surface area contributed by atoms with E-state index in [9.17, 15) is 18.0 Å². The van der Waals surface area contributed by atoms with Gasteiger partial charge in [-0.05, 0) is 36.4 Å². The molecular formula is C14H9F3O3. The highest BCUT2D eigenvalue weighted by Crippen LogP contribution is 2.19. The van der Waals surface area contributed by atoms with Gasteiger partial charge in [-0.1, -0.05) is 12.1 Å². The fourth-order valence-corrected chi connectivity index (χ4v) is 1.46. The number of carbonyl (C=O) groups excluding carboxylic acids is 1. The van der Waals surface area contributed by atoms with Crippen molar-refractivity contribution < 1.29 is 27.4 Å². The molecule has 0 saturated carbocycles. The molecule has 0 heterocycles. The number of halogens is 3. The number of ether oxygens (including phenoxy) is 2. The largest absolute Gasteiger partial charge is 0.435 e. The van der Waals surface area contributed by atoms with Crippen LogP contribution in [0.25, 0.3) is 0 Å². The van der Waals surface area contributed by atoms with Crippen LogP contribution in [0.4, 0.5) is 13.2 Å². The lowest BCUT2D eigenvalue weighted by atomic mass is 10.2. The molecule has 0 spiro atoms. The number of hydrogen-bond donors (Lipinski definition) is 0. The molecule has 0 aliphatic heterocycles. The Morgan fingerprint density at radius 3 is 2.25 bits per heavy atom. The van der Waals surface area contributed by atoms with Gasteiger partial charge in [0.2, 0.25) is 0 Å². The fraction of sp³-hybridized carbons (Fsp3) is 0.0714. The van der Waals surface area contributed by atoms with E-state index in [0.717, 1.165) is 6.07 Å². The molecule has 2 rings (SSSR count). The van der Waals surface area contributed by atoms with Crippen molar-refractivity contribution in [3.63, 3.8) is 0 Å². The van der Waals surface area contributed by atoms with E-state index in [2.05, 4.69) is 4.74 Å². The third-order valence-corrected chi connectivity index (χ3v) is 2.35. The van der Waals surface area contributed by atoms with Gasteiger partial charge in [0.25, 0.3) is 0 Å². The highest BCUT2D eigenvalue weighted by molar-refractivity contribution is 5.91. The summed E-state index contributed by atoms with van der Waals surface area (Å²) in [4.78, 5) is 11.7. The minimum absolute atomic E-state index is 0.0811. The van der Waals surface area contributed by atoms with Crippen LogP contribution in [0, 0.1) is 5.82 Å². The maximum Gasteiger partial charge on any atom is 0.387 e.